The van der Waals surface area contributed by atoms with Gasteiger partial charge in [0.1, 0.15) is 0 Å². The van der Waals surface area contributed by atoms with Crippen molar-refractivity contribution in [3.63, 3.8) is 0 Å². The van der Waals surface area contributed by atoms with E-state index in [-0.39, 0.29) is 0 Å². The van der Waals surface area contributed by atoms with Gasteiger partial charge in [0.25, 0.3) is 0 Å². The third kappa shape index (κ3) is 1.79. The number of thiazole rings is 1. The minimum absolute atomic E-state index is 0.777. The molecule has 0 amide bonds. The first kappa shape index (κ1) is 9.42. The molecule has 0 atom stereocenters. The van der Waals surface area contributed by atoms with E-state index in [0.29, 0.717) is 0 Å². The molecule has 2 heterocycles. The lowest BCUT2D eigenvalue weighted by Crippen LogP contribution is -1.98. The number of hydrogen-bond donors (Lipinski definition) is 2. The monoisotopic (exact) mass is 229 g/mol. The van der Waals surface area contributed by atoms with Gasteiger partial charge in [-0.2, -0.15) is 0 Å². The van der Waals surface area contributed by atoms with Crippen LogP contribution in [0.1, 0.15) is 5.69 Å². The normalized spacial score (nSPS) is 10.8. The van der Waals surface area contributed by atoms with Gasteiger partial charge in [0, 0.05) is 28.2 Å². The average molecular weight is 229 g/mol. The summed E-state index contributed by atoms with van der Waals surface area (Å²) in [5.41, 5.74) is 5.23. The average Bonchev–Trinajstić information content (AvgIpc) is 2.97. The molecule has 1 aromatic carbocycles. The highest BCUT2D eigenvalue weighted by Gasteiger charge is 1.98. The molecule has 0 aliphatic rings. The van der Waals surface area contributed by atoms with Crippen molar-refractivity contribution >= 4 is 27.9 Å². The van der Waals surface area contributed by atoms with E-state index in [9.17, 15) is 0 Å². The summed E-state index contributed by atoms with van der Waals surface area (Å²) in [6, 6.07) is 8.37. The molecule has 0 saturated heterocycles. The Morgan fingerprint density at radius 2 is 2.31 bits per heavy atom. The first-order valence-corrected chi connectivity index (χ1v) is 6.04. The zero-order valence-electron chi connectivity index (χ0n) is 8.60. The smallest absolute Gasteiger partial charge is 0.0795 e. The number of aromatic amines is 1. The second-order valence-corrected chi connectivity index (χ2v) is 4.33. The molecular weight excluding hydrogens is 218 g/mol. The molecular formula is C12H11N3S. The van der Waals surface area contributed by atoms with Gasteiger partial charge in [0.15, 0.2) is 0 Å². The molecule has 3 rings (SSSR count). The van der Waals surface area contributed by atoms with Crippen molar-refractivity contribution in [2.24, 2.45) is 0 Å². The van der Waals surface area contributed by atoms with Crippen LogP contribution in [0.5, 0.6) is 0 Å². The Labute approximate surface area is 97.2 Å². The van der Waals surface area contributed by atoms with Crippen molar-refractivity contribution in [3.8, 4) is 0 Å². The van der Waals surface area contributed by atoms with Gasteiger partial charge < -0.3 is 10.3 Å². The Morgan fingerprint density at radius 1 is 1.31 bits per heavy atom. The second-order valence-electron chi connectivity index (χ2n) is 3.61. The summed E-state index contributed by atoms with van der Waals surface area (Å²) in [6.07, 6.45) is 1.95. The summed E-state index contributed by atoms with van der Waals surface area (Å²) in [7, 11) is 0. The van der Waals surface area contributed by atoms with E-state index >= 15 is 0 Å². The van der Waals surface area contributed by atoms with E-state index in [1.165, 1.54) is 10.9 Å². The molecule has 0 radical (unpaired) electrons. The van der Waals surface area contributed by atoms with Gasteiger partial charge in [-0.15, -0.1) is 11.3 Å². The molecule has 0 fully saturated rings. The molecule has 3 aromatic rings. The van der Waals surface area contributed by atoms with Crippen molar-refractivity contribution in [3.05, 3.63) is 47.0 Å². The van der Waals surface area contributed by atoms with E-state index in [1.54, 1.807) is 11.3 Å². The maximum atomic E-state index is 4.23. The Kier molecular flexibility index (Phi) is 2.34. The summed E-state index contributed by atoms with van der Waals surface area (Å²) in [6.45, 7) is 0.777. The maximum absolute atomic E-state index is 4.23. The lowest BCUT2D eigenvalue weighted by Gasteiger charge is -2.04. The number of H-pyrrole nitrogens is 1. The minimum Gasteiger partial charge on any atom is -0.379 e. The summed E-state index contributed by atoms with van der Waals surface area (Å²) in [5, 5.41) is 6.64. The van der Waals surface area contributed by atoms with Crippen LogP contribution in [0.15, 0.2) is 41.4 Å². The maximum Gasteiger partial charge on any atom is 0.0795 e. The van der Waals surface area contributed by atoms with E-state index in [0.717, 1.165) is 17.9 Å². The highest BCUT2D eigenvalue weighted by Crippen LogP contribution is 2.18. The summed E-state index contributed by atoms with van der Waals surface area (Å²) < 4.78 is 0. The highest BCUT2D eigenvalue weighted by atomic mass is 32.1. The van der Waals surface area contributed by atoms with E-state index < -0.39 is 0 Å². The van der Waals surface area contributed by atoms with Gasteiger partial charge in [0.05, 0.1) is 17.7 Å². The SMILES string of the molecule is c1cc2cc(NCc3cscn3)ccc2[nH]1. The number of anilines is 1. The molecule has 0 spiro atoms. The number of benzene rings is 1. The topological polar surface area (TPSA) is 40.7 Å². The molecule has 2 N–H and O–H groups in total. The third-order valence-electron chi connectivity index (χ3n) is 2.51. The second kappa shape index (κ2) is 3.98. The lowest BCUT2D eigenvalue weighted by atomic mass is 10.2. The number of aromatic nitrogens is 2. The van der Waals surface area contributed by atoms with Crippen molar-refractivity contribution in [1.82, 2.24) is 9.97 Å². The molecule has 80 valence electrons. The van der Waals surface area contributed by atoms with Gasteiger partial charge in [-0.05, 0) is 24.3 Å². The Balaban J connectivity index is 1.78. The molecule has 3 nitrogen and oxygen atoms in total. The fourth-order valence-corrected chi connectivity index (χ4v) is 2.24. The van der Waals surface area contributed by atoms with Crippen molar-refractivity contribution in [2.45, 2.75) is 6.54 Å². The summed E-state index contributed by atoms with van der Waals surface area (Å²) >= 11 is 1.62. The van der Waals surface area contributed by atoms with Crippen LogP contribution in [0.2, 0.25) is 0 Å². The van der Waals surface area contributed by atoms with Gasteiger partial charge in [0.2, 0.25) is 0 Å². The molecule has 2 aromatic heterocycles. The Bertz CT molecular complexity index is 583. The largest absolute Gasteiger partial charge is 0.379 e. The number of nitrogens with zero attached hydrogens (tertiary/aromatic N) is 1. The van der Waals surface area contributed by atoms with E-state index in [1.807, 2.05) is 11.7 Å². The molecule has 4 heteroatoms. The number of fused-ring (bicyclic) bond motifs is 1. The minimum atomic E-state index is 0.777. The molecule has 0 saturated carbocycles. The van der Waals surface area contributed by atoms with Crippen LogP contribution < -0.4 is 5.32 Å². The van der Waals surface area contributed by atoms with E-state index in [4.69, 9.17) is 0 Å². The molecule has 0 unspecified atom stereocenters. The van der Waals surface area contributed by atoms with Crippen LogP contribution in [0.3, 0.4) is 0 Å². The fourth-order valence-electron chi connectivity index (χ4n) is 1.68. The fraction of sp³-hybridized carbons (Fsp3) is 0.0833. The third-order valence-corrected chi connectivity index (χ3v) is 3.15. The Morgan fingerprint density at radius 3 is 3.19 bits per heavy atom. The summed E-state index contributed by atoms with van der Waals surface area (Å²) in [5.74, 6) is 0. The van der Waals surface area contributed by atoms with Gasteiger partial charge in [-0.1, -0.05) is 0 Å². The molecule has 16 heavy (non-hydrogen) atoms. The van der Waals surface area contributed by atoms with Gasteiger partial charge in [-0.3, -0.25) is 0 Å². The zero-order valence-corrected chi connectivity index (χ0v) is 9.42. The first-order valence-electron chi connectivity index (χ1n) is 5.10. The van der Waals surface area contributed by atoms with Crippen LogP contribution in [-0.4, -0.2) is 9.97 Å². The molecule has 0 aliphatic carbocycles. The highest BCUT2D eigenvalue weighted by molar-refractivity contribution is 7.07. The van der Waals surface area contributed by atoms with Crippen molar-refractivity contribution < 1.29 is 0 Å². The predicted molar refractivity (Wildman–Crippen MR) is 67.7 cm³/mol. The predicted octanol–water partition coefficient (Wildman–Crippen LogP) is 3.24. The van der Waals surface area contributed by atoms with Crippen LogP contribution in [-0.2, 0) is 6.54 Å². The van der Waals surface area contributed by atoms with Crippen LogP contribution in [0.4, 0.5) is 5.69 Å². The lowest BCUT2D eigenvalue weighted by molar-refractivity contribution is 1.07. The van der Waals surface area contributed by atoms with Crippen molar-refractivity contribution in [1.29, 1.82) is 0 Å². The number of rotatable bonds is 3. The standard InChI is InChI=1S/C12H11N3S/c1-2-12-9(3-4-13-12)5-10(1)14-6-11-7-16-8-15-11/h1-5,7-8,13-14H,6H2. The number of hydrogen-bond acceptors (Lipinski definition) is 3. The van der Waals surface area contributed by atoms with Gasteiger partial charge in [-0.25, -0.2) is 4.98 Å². The van der Waals surface area contributed by atoms with Crippen LogP contribution in [0.25, 0.3) is 10.9 Å². The van der Waals surface area contributed by atoms with Crippen LogP contribution in [0, 0.1) is 0 Å². The number of nitrogens with one attached hydrogen (secondary N) is 2. The quantitative estimate of drug-likeness (QED) is 0.724. The molecule has 0 aliphatic heterocycles. The van der Waals surface area contributed by atoms with E-state index in [2.05, 4.69) is 44.9 Å². The summed E-state index contributed by atoms with van der Waals surface area (Å²) in [4.78, 5) is 7.41. The first-order chi connectivity index (χ1) is 7.92. The van der Waals surface area contributed by atoms with Gasteiger partial charge >= 0.3 is 0 Å². The zero-order chi connectivity index (χ0) is 10.8. The van der Waals surface area contributed by atoms with Crippen LogP contribution >= 0.6 is 11.3 Å². The Hall–Kier alpha value is -1.81. The van der Waals surface area contributed by atoms with Crippen molar-refractivity contribution in [2.75, 3.05) is 5.32 Å². The molecule has 0 bridgehead atoms.